The van der Waals surface area contributed by atoms with Crippen LogP contribution < -0.4 is 4.90 Å². The second kappa shape index (κ2) is 9.33. The Labute approximate surface area is 167 Å². The summed E-state index contributed by atoms with van der Waals surface area (Å²) in [6.45, 7) is 5.02. The zero-order valence-corrected chi connectivity index (χ0v) is 17.5. The molecule has 1 fully saturated rings. The SMILES string of the molecule is C/C=C\c1c(C)ncnc1N(C)C1CC(CSN(C)Cc2cccnc2)C1. The summed E-state index contributed by atoms with van der Waals surface area (Å²) in [7, 11) is 4.32. The van der Waals surface area contributed by atoms with Crippen LogP contribution in [0.1, 0.15) is 36.6 Å². The number of rotatable bonds is 8. The molecule has 1 aliphatic rings. The third-order valence-corrected chi connectivity index (χ3v) is 6.34. The van der Waals surface area contributed by atoms with Crippen molar-refractivity contribution in [1.82, 2.24) is 19.3 Å². The van der Waals surface area contributed by atoms with Gasteiger partial charge in [0, 0.05) is 43.3 Å². The molecule has 0 N–H and O–H groups in total. The lowest BCUT2D eigenvalue weighted by Crippen LogP contribution is -2.44. The lowest BCUT2D eigenvalue weighted by molar-refractivity contribution is 0.284. The maximum Gasteiger partial charge on any atom is 0.139 e. The molecule has 1 saturated carbocycles. The molecule has 0 amide bonds. The Kier molecular flexibility index (Phi) is 6.85. The summed E-state index contributed by atoms with van der Waals surface area (Å²) in [4.78, 5) is 15.4. The molecule has 2 aromatic heterocycles. The van der Waals surface area contributed by atoms with Crippen LogP contribution in [0.25, 0.3) is 6.08 Å². The molecule has 1 aliphatic carbocycles. The first-order chi connectivity index (χ1) is 13.1. The molecule has 2 heterocycles. The van der Waals surface area contributed by atoms with Crippen molar-refractivity contribution in [2.24, 2.45) is 5.92 Å². The first kappa shape index (κ1) is 19.8. The normalized spacial score (nSPS) is 19.4. The third kappa shape index (κ3) is 5.08. The van der Waals surface area contributed by atoms with E-state index >= 15 is 0 Å². The molecule has 3 rings (SSSR count). The van der Waals surface area contributed by atoms with Crippen molar-refractivity contribution < 1.29 is 0 Å². The Morgan fingerprint density at radius 2 is 2.07 bits per heavy atom. The highest BCUT2D eigenvalue weighted by molar-refractivity contribution is 7.96. The van der Waals surface area contributed by atoms with E-state index in [1.165, 1.54) is 24.2 Å². The number of anilines is 1. The summed E-state index contributed by atoms with van der Waals surface area (Å²) in [5, 5.41) is 0. The Hall–Kier alpha value is -1.92. The number of aromatic nitrogens is 3. The lowest BCUT2D eigenvalue weighted by atomic mass is 9.80. The number of hydrogen-bond acceptors (Lipinski definition) is 6. The van der Waals surface area contributed by atoms with Gasteiger partial charge in [-0.2, -0.15) is 0 Å². The van der Waals surface area contributed by atoms with E-state index in [9.17, 15) is 0 Å². The van der Waals surface area contributed by atoms with Crippen LogP contribution in [-0.2, 0) is 6.54 Å². The van der Waals surface area contributed by atoms with E-state index in [0.29, 0.717) is 6.04 Å². The number of aryl methyl sites for hydroxylation is 1. The largest absolute Gasteiger partial charge is 0.356 e. The first-order valence-corrected chi connectivity index (χ1v) is 10.4. The summed E-state index contributed by atoms with van der Waals surface area (Å²) in [5.41, 5.74) is 3.43. The zero-order valence-electron chi connectivity index (χ0n) is 16.7. The highest BCUT2D eigenvalue weighted by atomic mass is 32.2. The molecular weight excluding hydrogens is 354 g/mol. The van der Waals surface area contributed by atoms with Gasteiger partial charge in [0.2, 0.25) is 0 Å². The van der Waals surface area contributed by atoms with Crippen LogP contribution >= 0.6 is 11.9 Å². The van der Waals surface area contributed by atoms with E-state index < -0.39 is 0 Å². The topological polar surface area (TPSA) is 45.2 Å². The predicted octanol–water partition coefficient (Wildman–Crippen LogP) is 4.21. The van der Waals surface area contributed by atoms with Crippen molar-refractivity contribution in [3.8, 4) is 0 Å². The molecule has 0 aromatic carbocycles. The van der Waals surface area contributed by atoms with Gasteiger partial charge in [0.25, 0.3) is 0 Å². The molecule has 0 saturated heterocycles. The molecule has 0 unspecified atom stereocenters. The van der Waals surface area contributed by atoms with Crippen LogP contribution in [0.15, 0.2) is 36.9 Å². The zero-order chi connectivity index (χ0) is 19.2. The summed E-state index contributed by atoms with van der Waals surface area (Å²) in [6.07, 6.45) is 12.1. The molecule has 2 aromatic rings. The first-order valence-electron chi connectivity index (χ1n) is 9.48. The van der Waals surface area contributed by atoms with Gasteiger partial charge in [0.05, 0.1) is 5.69 Å². The average molecular weight is 384 g/mol. The van der Waals surface area contributed by atoms with Crippen molar-refractivity contribution in [1.29, 1.82) is 0 Å². The highest BCUT2D eigenvalue weighted by Gasteiger charge is 2.33. The quantitative estimate of drug-likeness (QED) is 0.636. The molecule has 0 aliphatic heterocycles. The average Bonchev–Trinajstić information content (AvgIpc) is 2.63. The van der Waals surface area contributed by atoms with Gasteiger partial charge >= 0.3 is 0 Å². The van der Waals surface area contributed by atoms with Gasteiger partial charge < -0.3 is 4.90 Å². The Balaban J connectivity index is 1.47. The van der Waals surface area contributed by atoms with Crippen molar-refractivity contribution in [2.45, 2.75) is 39.3 Å². The maximum absolute atomic E-state index is 4.55. The molecular formula is C21H29N5S. The monoisotopic (exact) mass is 383 g/mol. The van der Waals surface area contributed by atoms with E-state index in [0.717, 1.165) is 29.5 Å². The van der Waals surface area contributed by atoms with Gasteiger partial charge in [-0.1, -0.05) is 30.2 Å². The molecule has 6 heteroatoms. The van der Waals surface area contributed by atoms with E-state index in [-0.39, 0.29) is 0 Å². The van der Waals surface area contributed by atoms with Crippen LogP contribution in [0.2, 0.25) is 0 Å². The summed E-state index contributed by atoms with van der Waals surface area (Å²) >= 11 is 1.93. The molecule has 27 heavy (non-hydrogen) atoms. The lowest BCUT2D eigenvalue weighted by Gasteiger charge is -2.42. The predicted molar refractivity (Wildman–Crippen MR) is 115 cm³/mol. The Morgan fingerprint density at radius 1 is 1.26 bits per heavy atom. The molecule has 0 spiro atoms. The van der Waals surface area contributed by atoms with Crippen molar-refractivity contribution in [3.63, 3.8) is 0 Å². The van der Waals surface area contributed by atoms with Gasteiger partial charge in [0.1, 0.15) is 12.1 Å². The minimum atomic E-state index is 0.567. The van der Waals surface area contributed by atoms with Crippen LogP contribution in [0.4, 0.5) is 5.82 Å². The number of allylic oxidation sites excluding steroid dienone is 1. The Morgan fingerprint density at radius 3 is 2.78 bits per heavy atom. The van der Waals surface area contributed by atoms with Gasteiger partial charge in [-0.05, 0) is 51.3 Å². The Bertz CT molecular complexity index is 758. The fraction of sp³-hybridized carbons (Fsp3) is 0.476. The highest BCUT2D eigenvalue weighted by Crippen LogP contribution is 2.37. The molecule has 5 nitrogen and oxygen atoms in total. The number of nitrogens with zero attached hydrogens (tertiary/aromatic N) is 5. The van der Waals surface area contributed by atoms with Crippen LogP contribution in [-0.4, -0.2) is 45.1 Å². The summed E-state index contributed by atoms with van der Waals surface area (Å²) in [6, 6.07) is 4.69. The fourth-order valence-corrected chi connectivity index (χ4v) is 4.44. The van der Waals surface area contributed by atoms with E-state index in [1.54, 1.807) is 6.33 Å². The van der Waals surface area contributed by atoms with E-state index in [1.807, 2.05) is 44.3 Å². The van der Waals surface area contributed by atoms with Crippen molar-refractivity contribution in [2.75, 3.05) is 24.7 Å². The number of hydrogen-bond donors (Lipinski definition) is 0. The third-order valence-electron chi connectivity index (χ3n) is 5.15. The summed E-state index contributed by atoms with van der Waals surface area (Å²) < 4.78 is 2.31. The smallest absolute Gasteiger partial charge is 0.139 e. The van der Waals surface area contributed by atoms with Crippen molar-refractivity contribution >= 4 is 23.8 Å². The molecule has 0 atom stereocenters. The van der Waals surface area contributed by atoms with E-state index in [4.69, 9.17) is 0 Å². The van der Waals surface area contributed by atoms with E-state index in [2.05, 4.69) is 56.5 Å². The second-order valence-electron chi connectivity index (χ2n) is 7.24. The van der Waals surface area contributed by atoms with Crippen LogP contribution in [0, 0.1) is 12.8 Å². The number of pyridine rings is 1. The molecule has 144 valence electrons. The van der Waals surface area contributed by atoms with Gasteiger partial charge in [-0.15, -0.1) is 0 Å². The van der Waals surface area contributed by atoms with Gasteiger partial charge in [0.15, 0.2) is 0 Å². The van der Waals surface area contributed by atoms with Crippen LogP contribution in [0.3, 0.4) is 0 Å². The van der Waals surface area contributed by atoms with Gasteiger partial charge in [-0.25, -0.2) is 14.3 Å². The minimum absolute atomic E-state index is 0.567. The van der Waals surface area contributed by atoms with Crippen LogP contribution in [0.5, 0.6) is 0 Å². The van der Waals surface area contributed by atoms with Gasteiger partial charge in [-0.3, -0.25) is 4.98 Å². The fourth-order valence-electron chi connectivity index (χ4n) is 3.47. The standard InChI is InChI=1S/C21H29N5S/c1-5-7-20-16(2)23-15-24-21(20)26(4)19-10-18(11-19)14-27-25(3)13-17-8-6-9-22-12-17/h5-9,12,15,18-19H,10-11,13-14H2,1-4H3/b7-5-. The summed E-state index contributed by atoms with van der Waals surface area (Å²) in [5.74, 6) is 2.99. The second-order valence-corrected chi connectivity index (χ2v) is 8.46. The molecule has 0 bridgehead atoms. The minimum Gasteiger partial charge on any atom is -0.356 e. The molecule has 0 radical (unpaired) electrons. The maximum atomic E-state index is 4.55. The van der Waals surface area contributed by atoms with Crippen molar-refractivity contribution in [3.05, 3.63) is 53.8 Å².